The number of rotatable bonds is 8. The number of methoxy groups -OCH3 is 1. The topological polar surface area (TPSA) is 88.5 Å². The molecule has 0 spiro atoms. The summed E-state index contributed by atoms with van der Waals surface area (Å²) in [5.74, 6) is -0.972. The minimum Gasteiger partial charge on any atom is -0.497 e. The fourth-order valence-corrected chi connectivity index (χ4v) is 3.60. The van der Waals surface area contributed by atoms with Gasteiger partial charge >= 0.3 is 5.97 Å². The normalized spacial score (nSPS) is 11.6. The molecule has 1 aromatic heterocycles. The Morgan fingerprint density at radius 2 is 1.82 bits per heavy atom. The lowest BCUT2D eigenvalue weighted by Gasteiger charge is -2.15. The molecule has 6 nitrogen and oxygen atoms in total. The first-order valence-electron chi connectivity index (χ1n) is 8.71. The van der Waals surface area contributed by atoms with Gasteiger partial charge < -0.3 is 15.2 Å². The van der Waals surface area contributed by atoms with Crippen molar-refractivity contribution in [2.45, 2.75) is 18.8 Å². The van der Waals surface area contributed by atoms with Gasteiger partial charge in [-0.25, -0.2) is 4.98 Å². The molecule has 3 rings (SSSR count). The number of ether oxygens (including phenoxy) is 1. The summed E-state index contributed by atoms with van der Waals surface area (Å²) in [5.41, 5.74) is 2.54. The summed E-state index contributed by atoms with van der Waals surface area (Å²) in [5, 5.41) is 14.4. The Bertz CT molecular complexity index is 939. The molecule has 1 heterocycles. The Morgan fingerprint density at radius 1 is 1.11 bits per heavy atom. The number of carbonyl (C=O) groups excluding carboxylic acids is 1. The Labute approximate surface area is 166 Å². The highest BCUT2D eigenvalue weighted by Crippen LogP contribution is 2.28. The average molecular weight is 396 g/mol. The first-order chi connectivity index (χ1) is 13.5. The molecule has 2 aromatic carbocycles. The van der Waals surface area contributed by atoms with Gasteiger partial charge in [-0.3, -0.25) is 9.59 Å². The second kappa shape index (κ2) is 9.14. The maximum atomic E-state index is 12.5. The number of amides is 1. The van der Waals surface area contributed by atoms with E-state index in [0.29, 0.717) is 10.9 Å². The fourth-order valence-electron chi connectivity index (χ4n) is 2.86. The Kier molecular flexibility index (Phi) is 6.39. The first kappa shape index (κ1) is 19.6. The number of hydrogen-bond acceptors (Lipinski definition) is 5. The van der Waals surface area contributed by atoms with E-state index in [9.17, 15) is 14.7 Å². The molecule has 1 amide bonds. The Balaban J connectivity index is 1.68. The number of aromatic nitrogens is 1. The molecule has 0 radical (unpaired) electrons. The highest BCUT2D eigenvalue weighted by molar-refractivity contribution is 7.14. The number of carboxylic acids is 1. The zero-order valence-electron chi connectivity index (χ0n) is 15.3. The third kappa shape index (κ3) is 5.17. The molecule has 0 fully saturated rings. The van der Waals surface area contributed by atoms with Crippen LogP contribution < -0.4 is 10.1 Å². The summed E-state index contributed by atoms with van der Waals surface area (Å²) < 4.78 is 5.13. The highest BCUT2D eigenvalue weighted by atomic mass is 32.1. The van der Waals surface area contributed by atoms with Gasteiger partial charge in [-0.1, -0.05) is 42.5 Å². The molecule has 0 aliphatic heterocycles. The van der Waals surface area contributed by atoms with E-state index in [0.717, 1.165) is 16.8 Å². The van der Waals surface area contributed by atoms with Crippen LogP contribution in [0.25, 0.3) is 11.3 Å². The van der Waals surface area contributed by atoms with Crippen LogP contribution in [-0.2, 0) is 9.59 Å². The van der Waals surface area contributed by atoms with Crippen molar-refractivity contribution in [3.05, 3.63) is 65.5 Å². The molecule has 0 saturated heterocycles. The number of hydrogen-bond donors (Lipinski definition) is 2. The maximum Gasteiger partial charge on any atom is 0.303 e. The van der Waals surface area contributed by atoms with Gasteiger partial charge in [0.05, 0.1) is 19.2 Å². The van der Waals surface area contributed by atoms with Crippen LogP contribution in [0.5, 0.6) is 5.75 Å². The summed E-state index contributed by atoms with van der Waals surface area (Å²) >= 11 is 1.34. The maximum absolute atomic E-state index is 12.5. The third-order valence-corrected chi connectivity index (χ3v) is 5.02. The molecule has 28 heavy (non-hydrogen) atoms. The number of carbonyl (C=O) groups is 2. The molecule has 3 aromatic rings. The summed E-state index contributed by atoms with van der Waals surface area (Å²) in [6.45, 7) is 0. The van der Waals surface area contributed by atoms with Gasteiger partial charge in [-0.05, 0) is 17.7 Å². The second-order valence-corrected chi connectivity index (χ2v) is 7.08. The zero-order valence-corrected chi connectivity index (χ0v) is 16.1. The van der Waals surface area contributed by atoms with Crippen LogP contribution in [0.1, 0.15) is 24.3 Å². The van der Waals surface area contributed by atoms with Gasteiger partial charge in [0.2, 0.25) is 5.91 Å². The third-order valence-electron chi connectivity index (χ3n) is 4.26. The second-order valence-electron chi connectivity index (χ2n) is 6.22. The predicted molar refractivity (Wildman–Crippen MR) is 109 cm³/mol. The molecule has 0 unspecified atom stereocenters. The standard InChI is InChI=1S/C21H20N2O4S/c1-27-17-9-7-14(8-10-17)16(12-20(25)26)11-19(24)23-21-22-18(13-28-21)15-5-3-2-4-6-15/h2-10,13,16H,11-12H2,1H3,(H,25,26)(H,22,23,24)/t16-/m0/s1. The van der Waals surface area contributed by atoms with Crippen LogP contribution in [0.2, 0.25) is 0 Å². The van der Waals surface area contributed by atoms with E-state index in [1.165, 1.54) is 11.3 Å². The van der Waals surface area contributed by atoms with E-state index in [-0.39, 0.29) is 18.7 Å². The summed E-state index contributed by atoms with van der Waals surface area (Å²) in [6.07, 6.45) is -0.0776. The summed E-state index contributed by atoms with van der Waals surface area (Å²) in [6, 6.07) is 16.8. The lowest BCUT2D eigenvalue weighted by Crippen LogP contribution is -2.17. The monoisotopic (exact) mass is 396 g/mol. The SMILES string of the molecule is COc1ccc([C@H](CC(=O)O)CC(=O)Nc2nc(-c3ccccc3)cs2)cc1. The van der Waals surface area contributed by atoms with Crippen LogP contribution in [0, 0.1) is 0 Å². The van der Waals surface area contributed by atoms with E-state index < -0.39 is 11.9 Å². The van der Waals surface area contributed by atoms with Crippen molar-refractivity contribution in [2.75, 3.05) is 12.4 Å². The van der Waals surface area contributed by atoms with E-state index in [4.69, 9.17) is 4.74 Å². The van der Waals surface area contributed by atoms with E-state index in [1.54, 1.807) is 31.4 Å². The summed E-state index contributed by atoms with van der Waals surface area (Å²) in [7, 11) is 1.56. The van der Waals surface area contributed by atoms with Crippen molar-refractivity contribution in [3.63, 3.8) is 0 Å². The lowest BCUT2D eigenvalue weighted by molar-refractivity contribution is -0.137. The number of nitrogens with zero attached hydrogens (tertiary/aromatic N) is 1. The minimum atomic E-state index is -0.950. The number of benzene rings is 2. The predicted octanol–water partition coefficient (Wildman–Crippen LogP) is 4.41. The average Bonchev–Trinajstić information content (AvgIpc) is 3.16. The van der Waals surface area contributed by atoms with Crippen LogP contribution in [0.3, 0.4) is 0 Å². The number of thiazole rings is 1. The van der Waals surface area contributed by atoms with Crippen LogP contribution >= 0.6 is 11.3 Å². The zero-order chi connectivity index (χ0) is 19.9. The quantitative estimate of drug-likeness (QED) is 0.589. The molecule has 0 aliphatic carbocycles. The fraction of sp³-hybridized carbons (Fsp3) is 0.190. The van der Waals surface area contributed by atoms with Gasteiger partial charge in [0.1, 0.15) is 5.75 Å². The molecular formula is C21H20N2O4S. The first-order valence-corrected chi connectivity index (χ1v) is 9.59. The van der Waals surface area contributed by atoms with Gasteiger partial charge in [-0.2, -0.15) is 0 Å². The molecule has 0 saturated carbocycles. The molecule has 1 atom stereocenters. The molecular weight excluding hydrogens is 376 g/mol. The van der Waals surface area contributed by atoms with E-state index in [1.807, 2.05) is 35.7 Å². The number of carboxylic acid groups (broad SMARTS) is 1. The van der Waals surface area contributed by atoms with E-state index >= 15 is 0 Å². The minimum absolute atomic E-state index is 0.0544. The van der Waals surface area contributed by atoms with E-state index in [2.05, 4.69) is 10.3 Å². The molecule has 144 valence electrons. The molecule has 7 heteroatoms. The van der Waals surface area contributed by atoms with Crippen molar-refractivity contribution in [2.24, 2.45) is 0 Å². The smallest absolute Gasteiger partial charge is 0.303 e. The lowest BCUT2D eigenvalue weighted by atomic mass is 9.92. The Morgan fingerprint density at radius 3 is 2.46 bits per heavy atom. The van der Waals surface area contributed by atoms with Crippen LogP contribution in [0.4, 0.5) is 5.13 Å². The number of nitrogens with one attached hydrogen (secondary N) is 1. The van der Waals surface area contributed by atoms with Crippen LogP contribution in [-0.4, -0.2) is 29.1 Å². The van der Waals surface area contributed by atoms with Gasteiger partial charge in [0.15, 0.2) is 5.13 Å². The number of aliphatic carboxylic acids is 1. The Hall–Kier alpha value is -3.19. The van der Waals surface area contributed by atoms with Gasteiger partial charge in [0.25, 0.3) is 0 Å². The summed E-state index contributed by atoms with van der Waals surface area (Å²) in [4.78, 5) is 28.2. The van der Waals surface area contributed by atoms with Crippen molar-refractivity contribution in [1.29, 1.82) is 0 Å². The molecule has 0 aliphatic rings. The van der Waals surface area contributed by atoms with Crippen molar-refractivity contribution >= 4 is 28.3 Å². The van der Waals surface area contributed by atoms with Crippen LogP contribution in [0.15, 0.2) is 60.0 Å². The molecule has 0 bridgehead atoms. The van der Waals surface area contributed by atoms with Crippen molar-refractivity contribution in [1.82, 2.24) is 4.98 Å². The largest absolute Gasteiger partial charge is 0.497 e. The molecule has 2 N–H and O–H groups in total. The number of anilines is 1. The van der Waals surface area contributed by atoms with Crippen molar-refractivity contribution < 1.29 is 19.4 Å². The van der Waals surface area contributed by atoms with Gasteiger partial charge in [-0.15, -0.1) is 11.3 Å². The van der Waals surface area contributed by atoms with Gasteiger partial charge in [0, 0.05) is 23.3 Å². The highest BCUT2D eigenvalue weighted by Gasteiger charge is 2.20. The van der Waals surface area contributed by atoms with Crippen molar-refractivity contribution in [3.8, 4) is 17.0 Å².